The van der Waals surface area contributed by atoms with Crippen LogP contribution in [-0.4, -0.2) is 28.6 Å². The summed E-state index contributed by atoms with van der Waals surface area (Å²) in [6, 6.07) is 10.4. The molecule has 1 fully saturated rings. The van der Waals surface area contributed by atoms with Crippen molar-refractivity contribution in [3.63, 3.8) is 0 Å². The molecule has 1 aliphatic rings. The predicted octanol–water partition coefficient (Wildman–Crippen LogP) is 3.31. The van der Waals surface area contributed by atoms with E-state index < -0.39 is 11.7 Å². The number of aryl methyl sites for hydroxylation is 2. The molecule has 0 aliphatic carbocycles. The van der Waals surface area contributed by atoms with Gasteiger partial charge in [0.25, 0.3) is 0 Å². The largest absolute Gasteiger partial charge is 0.326 e. The summed E-state index contributed by atoms with van der Waals surface area (Å²) in [5.41, 5.74) is 3.32. The minimum Gasteiger partial charge on any atom is -0.326 e. The number of hydrogen-bond acceptors (Lipinski definition) is 3. The van der Waals surface area contributed by atoms with Crippen LogP contribution < -0.4 is 10.2 Å². The monoisotopic (exact) mass is 366 g/mol. The van der Waals surface area contributed by atoms with Crippen LogP contribution >= 0.6 is 0 Å². The maximum absolute atomic E-state index is 14.2. The summed E-state index contributed by atoms with van der Waals surface area (Å²) in [6.45, 7) is 4.08. The zero-order valence-corrected chi connectivity index (χ0v) is 15.0. The van der Waals surface area contributed by atoms with Crippen molar-refractivity contribution in [3.05, 3.63) is 53.3 Å². The zero-order chi connectivity index (χ0) is 19.1. The van der Waals surface area contributed by atoms with E-state index >= 15 is 0 Å². The third-order valence-electron chi connectivity index (χ3n) is 4.91. The number of aromatic nitrogens is 2. The highest BCUT2D eigenvalue weighted by Gasteiger charge is 2.37. The number of H-pyrrole nitrogens is 1. The van der Waals surface area contributed by atoms with Gasteiger partial charge in [-0.1, -0.05) is 23.8 Å². The van der Waals surface area contributed by atoms with Gasteiger partial charge in [0.1, 0.15) is 5.82 Å². The highest BCUT2D eigenvalue weighted by molar-refractivity contribution is 6.07. The number of carbonyl (C=O) groups is 2. The topological polar surface area (TPSA) is 78.1 Å². The second-order valence-electron chi connectivity index (χ2n) is 6.92. The molecule has 0 bridgehead atoms. The molecule has 27 heavy (non-hydrogen) atoms. The average molecular weight is 366 g/mol. The van der Waals surface area contributed by atoms with Crippen LogP contribution in [0.4, 0.5) is 15.9 Å². The Morgan fingerprint density at radius 2 is 2.11 bits per heavy atom. The van der Waals surface area contributed by atoms with Gasteiger partial charge in [-0.05, 0) is 37.6 Å². The van der Waals surface area contributed by atoms with Gasteiger partial charge in [-0.3, -0.25) is 19.6 Å². The van der Waals surface area contributed by atoms with Crippen LogP contribution in [0.5, 0.6) is 0 Å². The lowest BCUT2D eigenvalue weighted by Gasteiger charge is -2.15. The number of hydrogen-bond donors (Lipinski definition) is 2. The fourth-order valence-corrected chi connectivity index (χ4v) is 3.49. The van der Waals surface area contributed by atoms with Crippen molar-refractivity contribution in [2.75, 3.05) is 16.8 Å². The van der Waals surface area contributed by atoms with E-state index in [4.69, 9.17) is 0 Å². The average Bonchev–Trinajstić information content (AvgIpc) is 3.21. The molecule has 7 heteroatoms. The Hall–Kier alpha value is -3.22. The molecule has 0 radical (unpaired) electrons. The van der Waals surface area contributed by atoms with Crippen molar-refractivity contribution in [2.45, 2.75) is 20.3 Å². The molecule has 1 aromatic heterocycles. The van der Waals surface area contributed by atoms with Crippen LogP contribution in [-0.2, 0) is 9.59 Å². The van der Waals surface area contributed by atoms with E-state index in [1.807, 2.05) is 32.0 Å². The van der Waals surface area contributed by atoms with Crippen molar-refractivity contribution >= 4 is 34.2 Å². The van der Waals surface area contributed by atoms with Gasteiger partial charge in [0.2, 0.25) is 11.8 Å². The lowest BCUT2D eigenvalue weighted by molar-refractivity contribution is -0.122. The van der Waals surface area contributed by atoms with Gasteiger partial charge >= 0.3 is 0 Å². The smallest absolute Gasteiger partial charge is 0.229 e. The summed E-state index contributed by atoms with van der Waals surface area (Å²) in [4.78, 5) is 26.5. The Bertz CT molecular complexity index is 1060. The molecule has 2 N–H and O–H groups in total. The number of amides is 2. The quantitative estimate of drug-likeness (QED) is 0.746. The summed E-state index contributed by atoms with van der Waals surface area (Å²) in [7, 11) is 0. The molecular weight excluding hydrogens is 347 g/mol. The van der Waals surface area contributed by atoms with Crippen LogP contribution in [0.1, 0.15) is 17.5 Å². The number of aromatic amines is 1. The Morgan fingerprint density at radius 3 is 2.89 bits per heavy atom. The normalized spacial score (nSPS) is 16.9. The maximum atomic E-state index is 14.2. The molecule has 2 heterocycles. The van der Waals surface area contributed by atoms with Gasteiger partial charge in [0.15, 0.2) is 5.82 Å². The highest BCUT2D eigenvalue weighted by Crippen LogP contribution is 2.32. The number of nitrogens with zero attached hydrogens (tertiary/aromatic N) is 2. The highest BCUT2D eigenvalue weighted by atomic mass is 19.1. The van der Waals surface area contributed by atoms with Crippen LogP contribution in [0, 0.1) is 25.6 Å². The standard InChI is InChI=1S/C20H19FN4O2/c1-11-6-7-15(12(2)8-11)22-20(27)13-9-17(26)25(10-13)19-18-14(21)4-3-5-16(18)23-24-19/h3-8,13H,9-10H2,1-2H3,(H,22,27)(H,23,24). The summed E-state index contributed by atoms with van der Waals surface area (Å²) in [5.74, 6) is -1.20. The van der Waals surface area contributed by atoms with E-state index in [1.165, 1.54) is 11.0 Å². The number of benzene rings is 2. The number of nitrogens with one attached hydrogen (secondary N) is 2. The van der Waals surface area contributed by atoms with E-state index in [2.05, 4.69) is 15.5 Å². The third-order valence-corrected chi connectivity index (χ3v) is 4.91. The predicted molar refractivity (Wildman–Crippen MR) is 101 cm³/mol. The first-order valence-corrected chi connectivity index (χ1v) is 8.75. The molecule has 0 saturated carbocycles. The van der Waals surface area contributed by atoms with Gasteiger partial charge in [-0.2, -0.15) is 5.10 Å². The molecule has 2 amide bonds. The molecule has 1 aliphatic heterocycles. The van der Waals surface area contributed by atoms with Gasteiger partial charge in [0.05, 0.1) is 16.8 Å². The number of halogens is 1. The fraction of sp³-hybridized carbons (Fsp3) is 0.250. The van der Waals surface area contributed by atoms with Crippen molar-refractivity contribution in [1.29, 1.82) is 0 Å². The Kier molecular flexibility index (Phi) is 4.14. The Labute approximate surface area is 155 Å². The van der Waals surface area contributed by atoms with Crippen molar-refractivity contribution in [3.8, 4) is 0 Å². The molecule has 0 spiro atoms. The molecule has 138 valence electrons. The van der Waals surface area contributed by atoms with E-state index in [1.54, 1.807) is 12.1 Å². The van der Waals surface area contributed by atoms with Gasteiger partial charge in [0, 0.05) is 18.7 Å². The summed E-state index contributed by atoms with van der Waals surface area (Å²) in [6.07, 6.45) is 0.0690. The lowest BCUT2D eigenvalue weighted by atomic mass is 10.1. The van der Waals surface area contributed by atoms with Crippen molar-refractivity contribution in [2.24, 2.45) is 5.92 Å². The molecule has 2 aromatic carbocycles. The third kappa shape index (κ3) is 3.05. The SMILES string of the molecule is Cc1ccc(NC(=O)C2CC(=O)N(c3n[nH]c4cccc(F)c34)C2)c(C)c1. The number of anilines is 2. The fourth-order valence-electron chi connectivity index (χ4n) is 3.49. The van der Waals surface area contributed by atoms with Crippen LogP contribution in [0.2, 0.25) is 0 Å². The van der Waals surface area contributed by atoms with Gasteiger partial charge < -0.3 is 5.32 Å². The maximum Gasteiger partial charge on any atom is 0.229 e. The molecule has 1 unspecified atom stereocenters. The molecule has 1 saturated heterocycles. The summed E-state index contributed by atoms with van der Waals surface area (Å²) < 4.78 is 14.2. The molecule has 1 atom stereocenters. The van der Waals surface area contributed by atoms with Gasteiger partial charge in [-0.25, -0.2) is 4.39 Å². The number of carbonyl (C=O) groups excluding carboxylic acids is 2. The Morgan fingerprint density at radius 1 is 1.30 bits per heavy atom. The minimum atomic E-state index is -0.517. The number of rotatable bonds is 3. The van der Waals surface area contributed by atoms with Crippen molar-refractivity contribution < 1.29 is 14.0 Å². The second kappa shape index (κ2) is 6.50. The Balaban J connectivity index is 1.56. The van der Waals surface area contributed by atoms with E-state index in [9.17, 15) is 14.0 Å². The van der Waals surface area contributed by atoms with Crippen LogP contribution in [0.3, 0.4) is 0 Å². The zero-order valence-electron chi connectivity index (χ0n) is 15.0. The molecule has 3 aromatic rings. The van der Waals surface area contributed by atoms with Crippen molar-refractivity contribution in [1.82, 2.24) is 10.2 Å². The molecule has 4 rings (SSSR count). The second-order valence-corrected chi connectivity index (χ2v) is 6.92. The lowest BCUT2D eigenvalue weighted by Crippen LogP contribution is -2.28. The minimum absolute atomic E-state index is 0.0690. The van der Waals surface area contributed by atoms with Crippen LogP contribution in [0.15, 0.2) is 36.4 Å². The summed E-state index contributed by atoms with van der Waals surface area (Å²) in [5, 5.41) is 10.00. The van der Waals surface area contributed by atoms with Gasteiger partial charge in [-0.15, -0.1) is 0 Å². The first-order chi connectivity index (χ1) is 12.9. The first-order valence-electron chi connectivity index (χ1n) is 8.75. The van der Waals surface area contributed by atoms with Crippen LogP contribution in [0.25, 0.3) is 10.9 Å². The molecule has 6 nitrogen and oxygen atoms in total. The summed E-state index contributed by atoms with van der Waals surface area (Å²) >= 11 is 0. The first kappa shape index (κ1) is 17.2. The van der Waals surface area contributed by atoms with E-state index in [0.717, 1.165) is 16.8 Å². The van der Waals surface area contributed by atoms with E-state index in [0.29, 0.717) is 5.52 Å². The van der Waals surface area contributed by atoms with E-state index in [-0.39, 0.29) is 36.0 Å². The number of fused-ring (bicyclic) bond motifs is 1. The molecular formula is C20H19FN4O2.